The summed E-state index contributed by atoms with van der Waals surface area (Å²) < 4.78 is 5.14. The number of nitrogens with one attached hydrogen (secondary N) is 1. The highest BCUT2D eigenvalue weighted by atomic mass is 16.5. The summed E-state index contributed by atoms with van der Waals surface area (Å²) in [6.45, 7) is 1.90. The molecule has 0 bridgehead atoms. The molecular formula is C19H16N2O4. The molecule has 3 rings (SSSR count). The second-order valence-electron chi connectivity index (χ2n) is 5.57. The Morgan fingerprint density at radius 1 is 1.04 bits per heavy atom. The van der Waals surface area contributed by atoms with Gasteiger partial charge in [-0.1, -0.05) is 29.8 Å². The van der Waals surface area contributed by atoms with Crippen LogP contribution in [-0.4, -0.2) is 25.0 Å². The normalized spacial score (nSPS) is 16.2. The summed E-state index contributed by atoms with van der Waals surface area (Å²) in [5.74, 6) is -0.786. The van der Waals surface area contributed by atoms with Crippen LogP contribution in [0.25, 0.3) is 6.08 Å². The monoisotopic (exact) mass is 336 g/mol. The van der Waals surface area contributed by atoms with Gasteiger partial charge >= 0.3 is 6.03 Å². The molecule has 1 aliphatic rings. The molecule has 0 spiro atoms. The third-order valence-electron chi connectivity index (χ3n) is 3.80. The summed E-state index contributed by atoms with van der Waals surface area (Å²) in [7, 11) is 1.53. The van der Waals surface area contributed by atoms with Crippen LogP contribution in [0.2, 0.25) is 0 Å². The largest absolute Gasteiger partial charge is 0.497 e. The van der Waals surface area contributed by atoms with Crippen molar-refractivity contribution in [1.29, 1.82) is 0 Å². The molecule has 0 unspecified atom stereocenters. The van der Waals surface area contributed by atoms with E-state index < -0.39 is 17.8 Å². The maximum Gasteiger partial charge on any atom is 0.335 e. The van der Waals surface area contributed by atoms with E-state index in [1.165, 1.54) is 13.2 Å². The minimum absolute atomic E-state index is 0.117. The predicted octanol–water partition coefficient (Wildman–Crippen LogP) is 2.67. The lowest BCUT2D eigenvalue weighted by Gasteiger charge is -2.26. The molecule has 4 amide bonds. The van der Waals surface area contributed by atoms with Crippen molar-refractivity contribution >= 4 is 29.6 Å². The first-order valence-electron chi connectivity index (χ1n) is 7.62. The van der Waals surface area contributed by atoms with Crippen molar-refractivity contribution in [3.63, 3.8) is 0 Å². The van der Waals surface area contributed by atoms with Crippen LogP contribution in [0.15, 0.2) is 54.1 Å². The smallest absolute Gasteiger partial charge is 0.335 e. The van der Waals surface area contributed by atoms with Gasteiger partial charge in [0, 0.05) is 0 Å². The second kappa shape index (κ2) is 6.60. The Kier molecular flexibility index (Phi) is 4.35. The fraction of sp³-hybridized carbons (Fsp3) is 0.105. The average molecular weight is 336 g/mol. The SMILES string of the molecule is COc1cccc(/C=C2/C(=O)NC(=O)N(c3ccc(C)cc3)C2=O)c1. The summed E-state index contributed by atoms with van der Waals surface area (Å²) in [6, 6.07) is 13.1. The number of nitrogens with zero attached hydrogens (tertiary/aromatic N) is 1. The van der Waals surface area contributed by atoms with Gasteiger partial charge in [0.25, 0.3) is 11.8 Å². The lowest BCUT2D eigenvalue weighted by atomic mass is 10.1. The number of imide groups is 2. The third kappa shape index (κ3) is 3.28. The van der Waals surface area contributed by atoms with E-state index in [0.29, 0.717) is 17.0 Å². The third-order valence-corrected chi connectivity index (χ3v) is 3.80. The van der Waals surface area contributed by atoms with Gasteiger partial charge in [-0.3, -0.25) is 14.9 Å². The van der Waals surface area contributed by atoms with Crippen molar-refractivity contribution in [1.82, 2.24) is 5.32 Å². The fourth-order valence-corrected chi connectivity index (χ4v) is 2.48. The highest BCUT2D eigenvalue weighted by Gasteiger charge is 2.36. The van der Waals surface area contributed by atoms with Gasteiger partial charge in [-0.2, -0.15) is 0 Å². The first-order valence-corrected chi connectivity index (χ1v) is 7.62. The molecule has 126 valence electrons. The number of rotatable bonds is 3. The van der Waals surface area contributed by atoms with Crippen molar-refractivity contribution in [2.75, 3.05) is 12.0 Å². The number of aryl methyl sites for hydroxylation is 1. The van der Waals surface area contributed by atoms with E-state index in [1.54, 1.807) is 48.5 Å². The zero-order valence-electron chi connectivity index (χ0n) is 13.8. The van der Waals surface area contributed by atoms with Crippen molar-refractivity contribution in [3.8, 4) is 5.75 Å². The van der Waals surface area contributed by atoms with E-state index in [-0.39, 0.29) is 5.57 Å². The number of benzene rings is 2. The van der Waals surface area contributed by atoms with E-state index in [9.17, 15) is 14.4 Å². The van der Waals surface area contributed by atoms with Gasteiger partial charge in [0.05, 0.1) is 12.8 Å². The van der Waals surface area contributed by atoms with Crippen LogP contribution < -0.4 is 15.0 Å². The predicted molar refractivity (Wildman–Crippen MR) is 93.2 cm³/mol. The Hall–Kier alpha value is -3.41. The van der Waals surface area contributed by atoms with Crippen molar-refractivity contribution in [2.45, 2.75) is 6.92 Å². The number of urea groups is 1. The highest BCUT2D eigenvalue weighted by molar-refractivity contribution is 6.39. The van der Waals surface area contributed by atoms with Crippen LogP contribution in [0.1, 0.15) is 11.1 Å². The second-order valence-corrected chi connectivity index (χ2v) is 5.57. The maximum absolute atomic E-state index is 12.7. The van der Waals surface area contributed by atoms with Crippen LogP contribution >= 0.6 is 0 Å². The number of hydrogen-bond acceptors (Lipinski definition) is 4. The van der Waals surface area contributed by atoms with Crippen molar-refractivity contribution < 1.29 is 19.1 Å². The standard InChI is InChI=1S/C19H16N2O4/c1-12-6-8-14(9-7-12)21-18(23)16(17(22)20-19(21)24)11-13-4-3-5-15(10-13)25-2/h3-11H,1-2H3,(H,20,22,24)/b16-11-. The number of carbonyl (C=O) groups is 3. The number of anilines is 1. The molecule has 0 atom stereocenters. The van der Waals surface area contributed by atoms with Crippen LogP contribution in [0.5, 0.6) is 5.75 Å². The van der Waals surface area contributed by atoms with Gasteiger partial charge in [-0.15, -0.1) is 0 Å². The fourth-order valence-electron chi connectivity index (χ4n) is 2.48. The van der Waals surface area contributed by atoms with Gasteiger partial charge in [0.2, 0.25) is 0 Å². The minimum Gasteiger partial charge on any atom is -0.497 e. The van der Waals surface area contributed by atoms with Gasteiger partial charge < -0.3 is 4.74 Å². The topological polar surface area (TPSA) is 75.7 Å². The molecule has 1 aliphatic heterocycles. The van der Waals surface area contributed by atoms with Crippen LogP contribution in [0.4, 0.5) is 10.5 Å². The number of methoxy groups -OCH3 is 1. The molecule has 1 N–H and O–H groups in total. The van der Waals surface area contributed by atoms with Crippen LogP contribution in [-0.2, 0) is 9.59 Å². The first kappa shape index (κ1) is 16.4. The van der Waals surface area contributed by atoms with Gasteiger partial charge in [-0.25, -0.2) is 9.69 Å². The molecule has 6 nitrogen and oxygen atoms in total. The van der Waals surface area contributed by atoms with E-state index in [1.807, 2.05) is 6.92 Å². The van der Waals surface area contributed by atoms with Gasteiger partial charge in [-0.05, 0) is 42.8 Å². The average Bonchev–Trinajstić information content (AvgIpc) is 2.60. The number of barbiturate groups is 1. The summed E-state index contributed by atoms with van der Waals surface area (Å²) in [6.07, 6.45) is 1.44. The highest BCUT2D eigenvalue weighted by Crippen LogP contribution is 2.23. The molecule has 0 saturated carbocycles. The lowest BCUT2D eigenvalue weighted by molar-refractivity contribution is -0.122. The van der Waals surface area contributed by atoms with Crippen LogP contribution in [0.3, 0.4) is 0 Å². The van der Waals surface area contributed by atoms with E-state index >= 15 is 0 Å². The number of amides is 4. The Balaban J connectivity index is 2.00. The summed E-state index contributed by atoms with van der Waals surface area (Å²) in [5, 5.41) is 2.20. The summed E-state index contributed by atoms with van der Waals surface area (Å²) >= 11 is 0. The Bertz CT molecular complexity index is 885. The number of hydrogen-bond donors (Lipinski definition) is 1. The molecule has 0 radical (unpaired) electrons. The molecule has 2 aromatic carbocycles. The van der Waals surface area contributed by atoms with Crippen molar-refractivity contribution in [2.24, 2.45) is 0 Å². The zero-order chi connectivity index (χ0) is 18.0. The van der Waals surface area contributed by atoms with Crippen molar-refractivity contribution in [3.05, 3.63) is 65.2 Å². The first-order chi connectivity index (χ1) is 12.0. The molecule has 25 heavy (non-hydrogen) atoms. The Labute approximate surface area is 144 Å². The molecule has 6 heteroatoms. The van der Waals surface area contributed by atoms with Gasteiger partial charge in [0.1, 0.15) is 11.3 Å². The Morgan fingerprint density at radius 2 is 1.76 bits per heavy atom. The molecule has 1 heterocycles. The molecule has 2 aromatic rings. The molecule has 0 aromatic heterocycles. The molecule has 0 aliphatic carbocycles. The summed E-state index contributed by atoms with van der Waals surface area (Å²) in [4.78, 5) is 37.9. The van der Waals surface area contributed by atoms with Gasteiger partial charge in [0.15, 0.2) is 0 Å². The van der Waals surface area contributed by atoms with E-state index in [0.717, 1.165) is 10.5 Å². The number of ether oxygens (including phenoxy) is 1. The summed E-state index contributed by atoms with van der Waals surface area (Å²) in [5.41, 5.74) is 1.90. The zero-order valence-corrected chi connectivity index (χ0v) is 13.8. The molecule has 1 saturated heterocycles. The Morgan fingerprint density at radius 3 is 2.44 bits per heavy atom. The van der Waals surface area contributed by atoms with E-state index in [4.69, 9.17) is 4.74 Å². The minimum atomic E-state index is -0.762. The lowest BCUT2D eigenvalue weighted by Crippen LogP contribution is -2.54. The maximum atomic E-state index is 12.7. The van der Waals surface area contributed by atoms with Crippen LogP contribution in [0, 0.1) is 6.92 Å². The van der Waals surface area contributed by atoms with E-state index in [2.05, 4.69) is 5.32 Å². The molecular weight excluding hydrogens is 320 g/mol. The quantitative estimate of drug-likeness (QED) is 0.691. The number of carbonyl (C=O) groups excluding carboxylic acids is 3. The molecule has 1 fully saturated rings.